The van der Waals surface area contributed by atoms with Crippen LogP contribution in [0.4, 0.5) is 10.7 Å². The minimum atomic E-state index is -0.200. The molecule has 0 bridgehead atoms. The summed E-state index contributed by atoms with van der Waals surface area (Å²) in [6.45, 7) is 2.90. The number of hydrogen-bond donors (Lipinski definition) is 2. The molecule has 2 N–H and O–H groups in total. The molecule has 3 aromatic rings. The van der Waals surface area contributed by atoms with Gasteiger partial charge >= 0.3 is 0 Å². The summed E-state index contributed by atoms with van der Waals surface area (Å²) in [4.78, 5) is 27.3. The lowest BCUT2D eigenvalue weighted by Gasteiger charge is -2.14. The number of carbonyl (C=O) groups excluding carboxylic acids is 2. The number of unbranched alkanes of at least 4 members (excludes halogenated alkanes) is 3. The molecule has 0 aliphatic heterocycles. The number of carbonyl (C=O) groups is 2. The number of nitrogens with one attached hydrogen (secondary N) is 2. The Morgan fingerprint density at radius 2 is 1.65 bits per heavy atom. The van der Waals surface area contributed by atoms with Crippen molar-refractivity contribution in [3.8, 4) is 5.75 Å². The van der Waals surface area contributed by atoms with Gasteiger partial charge in [0, 0.05) is 16.1 Å². The SMILES string of the molecule is CCCCCCOc1ccc(NC(=O)c2c(NC(=O)c3ccccc3)sc3c2CCCC3)cc1. The second-order valence-electron chi connectivity index (χ2n) is 8.62. The van der Waals surface area contributed by atoms with Crippen molar-refractivity contribution in [2.45, 2.75) is 58.3 Å². The van der Waals surface area contributed by atoms with Crippen molar-refractivity contribution in [1.29, 1.82) is 0 Å². The zero-order valence-electron chi connectivity index (χ0n) is 19.7. The number of fused-ring (bicyclic) bond motifs is 1. The average Bonchev–Trinajstić information content (AvgIpc) is 3.23. The molecule has 0 saturated carbocycles. The fourth-order valence-electron chi connectivity index (χ4n) is 4.21. The smallest absolute Gasteiger partial charge is 0.258 e. The Balaban J connectivity index is 1.46. The van der Waals surface area contributed by atoms with Crippen LogP contribution in [-0.4, -0.2) is 18.4 Å². The highest BCUT2D eigenvalue weighted by Crippen LogP contribution is 2.39. The van der Waals surface area contributed by atoms with Crippen molar-refractivity contribution >= 4 is 33.8 Å². The van der Waals surface area contributed by atoms with Gasteiger partial charge in [0.25, 0.3) is 11.8 Å². The first-order chi connectivity index (χ1) is 16.7. The van der Waals surface area contributed by atoms with Gasteiger partial charge in [0.1, 0.15) is 10.8 Å². The van der Waals surface area contributed by atoms with E-state index in [0.717, 1.165) is 43.4 Å². The fourth-order valence-corrected chi connectivity index (χ4v) is 5.49. The molecule has 5 nitrogen and oxygen atoms in total. The molecule has 0 spiro atoms. The number of rotatable bonds is 10. The number of thiophene rings is 1. The molecule has 1 aliphatic rings. The molecule has 1 aliphatic carbocycles. The maximum Gasteiger partial charge on any atom is 0.258 e. The Hall–Kier alpha value is -3.12. The Morgan fingerprint density at radius 3 is 2.41 bits per heavy atom. The van der Waals surface area contributed by atoms with Gasteiger partial charge in [0.2, 0.25) is 0 Å². The predicted octanol–water partition coefficient (Wildman–Crippen LogP) is 7.09. The highest BCUT2D eigenvalue weighted by Gasteiger charge is 2.26. The lowest BCUT2D eigenvalue weighted by Crippen LogP contribution is -2.18. The van der Waals surface area contributed by atoms with Gasteiger partial charge < -0.3 is 15.4 Å². The largest absolute Gasteiger partial charge is 0.494 e. The van der Waals surface area contributed by atoms with E-state index < -0.39 is 0 Å². The third-order valence-electron chi connectivity index (χ3n) is 6.04. The summed E-state index contributed by atoms with van der Waals surface area (Å²) in [5, 5.41) is 6.65. The van der Waals surface area contributed by atoms with Gasteiger partial charge in [0.15, 0.2) is 0 Å². The van der Waals surface area contributed by atoms with Crippen LogP contribution in [0.15, 0.2) is 54.6 Å². The predicted molar refractivity (Wildman–Crippen MR) is 139 cm³/mol. The highest BCUT2D eigenvalue weighted by molar-refractivity contribution is 7.17. The van der Waals surface area contributed by atoms with Gasteiger partial charge in [-0.2, -0.15) is 0 Å². The molecule has 6 heteroatoms. The number of hydrogen-bond acceptors (Lipinski definition) is 4. The Morgan fingerprint density at radius 1 is 0.882 bits per heavy atom. The van der Waals surface area contributed by atoms with E-state index >= 15 is 0 Å². The molecule has 4 rings (SSSR count). The maximum atomic E-state index is 13.4. The van der Waals surface area contributed by atoms with Crippen molar-refractivity contribution in [2.24, 2.45) is 0 Å². The van der Waals surface area contributed by atoms with E-state index in [4.69, 9.17) is 4.74 Å². The minimum absolute atomic E-state index is 0.184. The van der Waals surface area contributed by atoms with Crippen LogP contribution in [-0.2, 0) is 12.8 Å². The van der Waals surface area contributed by atoms with E-state index in [1.807, 2.05) is 42.5 Å². The van der Waals surface area contributed by atoms with Crippen molar-refractivity contribution in [3.63, 3.8) is 0 Å². The summed E-state index contributed by atoms with van der Waals surface area (Å²) < 4.78 is 5.81. The van der Waals surface area contributed by atoms with Crippen LogP contribution < -0.4 is 15.4 Å². The second-order valence-corrected chi connectivity index (χ2v) is 9.73. The maximum absolute atomic E-state index is 13.4. The third kappa shape index (κ3) is 6.06. The van der Waals surface area contributed by atoms with Gasteiger partial charge in [-0.05, 0) is 74.1 Å². The monoisotopic (exact) mass is 476 g/mol. The van der Waals surface area contributed by atoms with E-state index in [0.29, 0.717) is 28.4 Å². The minimum Gasteiger partial charge on any atom is -0.494 e. The van der Waals surface area contributed by atoms with E-state index in [1.165, 1.54) is 35.5 Å². The second kappa shape index (κ2) is 11.8. The van der Waals surface area contributed by atoms with Crippen molar-refractivity contribution in [3.05, 3.63) is 76.2 Å². The van der Waals surface area contributed by atoms with E-state index in [9.17, 15) is 9.59 Å². The molecule has 0 atom stereocenters. The molecular weight excluding hydrogens is 444 g/mol. The topological polar surface area (TPSA) is 67.4 Å². The summed E-state index contributed by atoms with van der Waals surface area (Å²) in [5.74, 6) is 0.419. The van der Waals surface area contributed by atoms with Crippen LogP contribution in [0.2, 0.25) is 0 Å². The van der Waals surface area contributed by atoms with Crippen LogP contribution in [0.25, 0.3) is 0 Å². The summed E-state index contributed by atoms with van der Waals surface area (Å²) in [6, 6.07) is 16.6. The molecule has 34 heavy (non-hydrogen) atoms. The van der Waals surface area contributed by atoms with E-state index in [1.54, 1.807) is 12.1 Å². The molecule has 178 valence electrons. The Labute approximate surface area is 205 Å². The lowest BCUT2D eigenvalue weighted by atomic mass is 9.95. The number of benzene rings is 2. The van der Waals surface area contributed by atoms with Crippen LogP contribution in [0, 0.1) is 0 Å². The molecule has 2 amide bonds. The summed E-state index contributed by atoms with van der Waals surface area (Å²) >= 11 is 1.53. The van der Waals surface area contributed by atoms with Crippen LogP contribution in [0.5, 0.6) is 5.75 Å². The Kier molecular flexibility index (Phi) is 8.36. The molecular formula is C28H32N2O3S. The van der Waals surface area contributed by atoms with E-state index in [-0.39, 0.29) is 11.8 Å². The number of aryl methyl sites for hydroxylation is 1. The van der Waals surface area contributed by atoms with Gasteiger partial charge in [-0.25, -0.2) is 0 Å². The summed E-state index contributed by atoms with van der Waals surface area (Å²) in [6.07, 6.45) is 8.65. The standard InChI is InChI=1S/C28H32N2O3S/c1-2-3-4-10-19-33-22-17-15-21(16-18-22)29-27(32)25-23-13-8-9-14-24(23)34-28(25)30-26(31)20-11-6-5-7-12-20/h5-7,11-12,15-18H,2-4,8-10,13-14,19H2,1H3,(H,29,32)(H,30,31). The molecule has 2 aromatic carbocycles. The van der Waals surface area contributed by atoms with Crippen LogP contribution in [0.3, 0.4) is 0 Å². The summed E-state index contributed by atoms with van der Waals surface area (Å²) in [5.41, 5.74) is 2.95. The zero-order chi connectivity index (χ0) is 23.8. The highest BCUT2D eigenvalue weighted by atomic mass is 32.1. The van der Waals surface area contributed by atoms with Crippen molar-refractivity contribution in [2.75, 3.05) is 17.2 Å². The third-order valence-corrected chi connectivity index (χ3v) is 7.25. The lowest BCUT2D eigenvalue weighted by molar-refractivity contribution is 0.102. The fraction of sp³-hybridized carbons (Fsp3) is 0.357. The molecule has 1 heterocycles. The van der Waals surface area contributed by atoms with E-state index in [2.05, 4.69) is 17.6 Å². The van der Waals surface area contributed by atoms with Crippen LogP contribution >= 0.6 is 11.3 Å². The zero-order valence-corrected chi connectivity index (χ0v) is 20.5. The van der Waals surface area contributed by atoms with Crippen LogP contribution in [0.1, 0.15) is 76.6 Å². The molecule has 0 radical (unpaired) electrons. The van der Waals surface area contributed by atoms with Gasteiger partial charge in [0.05, 0.1) is 12.2 Å². The first-order valence-electron chi connectivity index (χ1n) is 12.2. The molecule has 0 saturated heterocycles. The van der Waals surface area contributed by atoms with Crippen molar-refractivity contribution in [1.82, 2.24) is 0 Å². The number of anilines is 2. The number of amides is 2. The first-order valence-corrected chi connectivity index (χ1v) is 13.0. The van der Waals surface area contributed by atoms with Gasteiger partial charge in [-0.15, -0.1) is 11.3 Å². The first kappa shape index (κ1) is 24.0. The molecule has 1 aromatic heterocycles. The van der Waals surface area contributed by atoms with Gasteiger partial charge in [-0.1, -0.05) is 44.4 Å². The molecule has 0 fully saturated rings. The Bertz CT molecular complexity index is 1110. The van der Waals surface area contributed by atoms with Gasteiger partial charge in [-0.3, -0.25) is 9.59 Å². The molecule has 0 unspecified atom stereocenters. The van der Waals surface area contributed by atoms with Crippen molar-refractivity contribution < 1.29 is 14.3 Å². The number of ether oxygens (including phenoxy) is 1. The summed E-state index contributed by atoms with van der Waals surface area (Å²) in [7, 11) is 0. The average molecular weight is 477 g/mol. The quantitative estimate of drug-likeness (QED) is 0.307. The normalized spacial score (nSPS) is 12.6.